The minimum absolute atomic E-state index is 0.199. The van der Waals surface area contributed by atoms with Crippen LogP contribution in [-0.2, 0) is 23.7 Å². The third kappa shape index (κ3) is 3.58. The number of ether oxygens (including phenoxy) is 1. The summed E-state index contributed by atoms with van der Waals surface area (Å²) < 4.78 is 42.0. The molecule has 7 heteroatoms. The van der Waals surface area contributed by atoms with Gasteiger partial charge in [-0.3, -0.25) is 0 Å². The van der Waals surface area contributed by atoms with Gasteiger partial charge in [0.2, 0.25) is 9.84 Å². The second-order valence-corrected chi connectivity index (χ2v) is 5.81. The SMILES string of the molecule is CCO[P+](=O)C(OC)S(C)(=O)=O. The molecule has 0 aliphatic carbocycles. The van der Waals surface area contributed by atoms with Crippen molar-refractivity contribution >= 4 is 17.9 Å². The van der Waals surface area contributed by atoms with Gasteiger partial charge in [-0.15, -0.1) is 4.52 Å². The quantitative estimate of drug-likeness (QED) is 0.632. The minimum atomic E-state index is -3.47. The Morgan fingerprint density at radius 1 is 1.50 bits per heavy atom. The molecule has 0 spiro atoms. The van der Waals surface area contributed by atoms with Crippen LogP contribution in [-0.4, -0.2) is 33.6 Å². The van der Waals surface area contributed by atoms with Gasteiger partial charge in [-0.1, -0.05) is 0 Å². The molecule has 0 amide bonds. The van der Waals surface area contributed by atoms with E-state index in [-0.39, 0.29) is 6.61 Å². The molecule has 0 saturated heterocycles. The van der Waals surface area contributed by atoms with Crippen molar-refractivity contribution in [1.29, 1.82) is 0 Å². The van der Waals surface area contributed by atoms with Gasteiger partial charge in [0.25, 0.3) is 0 Å². The number of rotatable bonds is 5. The lowest BCUT2D eigenvalue weighted by Crippen LogP contribution is -2.18. The lowest BCUT2D eigenvalue weighted by Gasteiger charge is -1.99. The molecule has 0 aromatic carbocycles. The molecule has 0 aromatic heterocycles. The van der Waals surface area contributed by atoms with Crippen LogP contribution < -0.4 is 0 Å². The molecule has 72 valence electrons. The van der Waals surface area contributed by atoms with E-state index in [1.165, 1.54) is 7.11 Å². The summed E-state index contributed by atoms with van der Waals surface area (Å²) in [6.45, 7) is 1.83. The summed E-state index contributed by atoms with van der Waals surface area (Å²) in [6.07, 6.45) is 0.952. The maximum atomic E-state index is 11.0. The Kier molecular flexibility index (Phi) is 4.85. The average molecular weight is 215 g/mol. The molecule has 0 rings (SSSR count). The molecule has 5 nitrogen and oxygen atoms in total. The fraction of sp³-hybridized carbons (Fsp3) is 1.00. The molecule has 0 heterocycles. The monoisotopic (exact) mass is 215 g/mol. The summed E-state index contributed by atoms with van der Waals surface area (Å²) in [6, 6.07) is 0. The largest absolute Gasteiger partial charge is 0.557 e. The molecule has 0 bridgehead atoms. The van der Waals surface area contributed by atoms with Gasteiger partial charge in [-0.25, -0.2) is 8.42 Å². The van der Waals surface area contributed by atoms with Crippen LogP contribution in [0.15, 0.2) is 0 Å². The molecule has 0 radical (unpaired) electrons. The summed E-state index contributed by atoms with van der Waals surface area (Å²) in [7, 11) is -4.58. The first-order chi connectivity index (χ1) is 5.43. The van der Waals surface area contributed by atoms with Gasteiger partial charge >= 0.3 is 13.2 Å². The van der Waals surface area contributed by atoms with Crippen LogP contribution in [0.3, 0.4) is 0 Å². The van der Waals surface area contributed by atoms with E-state index in [1.807, 2.05) is 0 Å². The smallest absolute Gasteiger partial charge is 0.324 e. The standard InChI is InChI=1S/C5H12O5PS/c1-4-10-11(6)5(9-2)12(3,7)8/h5H,4H2,1-3H3/q+1. The van der Waals surface area contributed by atoms with Gasteiger partial charge in [-0.05, 0) is 11.5 Å². The predicted octanol–water partition coefficient (Wildman–Crippen LogP) is 0.740. The first kappa shape index (κ1) is 12.0. The van der Waals surface area contributed by atoms with Crippen LogP contribution in [0, 0.1) is 0 Å². The van der Waals surface area contributed by atoms with E-state index in [1.54, 1.807) is 6.92 Å². The predicted molar refractivity (Wildman–Crippen MR) is 44.9 cm³/mol. The van der Waals surface area contributed by atoms with E-state index in [2.05, 4.69) is 9.26 Å². The Bertz CT molecular complexity index is 247. The molecule has 0 fully saturated rings. The summed E-state index contributed by atoms with van der Waals surface area (Å²) in [4.78, 5) is 0. The van der Waals surface area contributed by atoms with Crippen LogP contribution in [0.4, 0.5) is 0 Å². The van der Waals surface area contributed by atoms with Crippen molar-refractivity contribution in [2.75, 3.05) is 20.0 Å². The van der Waals surface area contributed by atoms with Crippen molar-refractivity contribution in [3.63, 3.8) is 0 Å². The van der Waals surface area contributed by atoms with E-state index < -0.39 is 23.0 Å². The molecule has 2 unspecified atom stereocenters. The molecule has 0 aliphatic rings. The van der Waals surface area contributed by atoms with E-state index in [0.29, 0.717) is 0 Å². The minimum Gasteiger partial charge on any atom is -0.324 e. The number of methoxy groups -OCH3 is 1. The third-order valence-electron chi connectivity index (χ3n) is 0.996. The van der Waals surface area contributed by atoms with Crippen LogP contribution in [0.5, 0.6) is 0 Å². The molecular weight excluding hydrogens is 203 g/mol. The Hall–Kier alpha value is -0.0300. The molecule has 0 saturated carbocycles. The lowest BCUT2D eigenvalue weighted by molar-refractivity contribution is 0.200. The second kappa shape index (κ2) is 4.87. The number of hydrogen-bond donors (Lipinski definition) is 0. The first-order valence-electron chi connectivity index (χ1n) is 3.24. The van der Waals surface area contributed by atoms with Gasteiger partial charge in [0.15, 0.2) is 0 Å². The topological polar surface area (TPSA) is 69.7 Å². The molecular formula is C5H12O5PS+. The van der Waals surface area contributed by atoms with Crippen molar-refractivity contribution in [3.05, 3.63) is 0 Å². The van der Waals surface area contributed by atoms with Crippen LogP contribution in [0.2, 0.25) is 0 Å². The summed E-state index contributed by atoms with van der Waals surface area (Å²) in [5.41, 5.74) is 0. The van der Waals surface area contributed by atoms with Crippen molar-refractivity contribution in [1.82, 2.24) is 0 Å². The molecule has 12 heavy (non-hydrogen) atoms. The summed E-state index contributed by atoms with van der Waals surface area (Å²) >= 11 is 0. The Morgan fingerprint density at radius 2 is 2.00 bits per heavy atom. The van der Waals surface area contributed by atoms with Gasteiger partial charge in [0.05, 0.1) is 6.61 Å². The number of sulfone groups is 1. The van der Waals surface area contributed by atoms with Crippen LogP contribution >= 0.6 is 8.03 Å². The second-order valence-electron chi connectivity index (χ2n) is 2.08. The van der Waals surface area contributed by atoms with E-state index >= 15 is 0 Å². The van der Waals surface area contributed by atoms with E-state index in [0.717, 1.165) is 6.26 Å². The average Bonchev–Trinajstić information content (AvgIpc) is 1.85. The van der Waals surface area contributed by atoms with E-state index in [9.17, 15) is 13.0 Å². The van der Waals surface area contributed by atoms with Crippen molar-refractivity contribution < 1.29 is 22.2 Å². The first-order valence-corrected chi connectivity index (χ1v) is 6.44. The maximum Gasteiger partial charge on any atom is 0.557 e. The molecule has 2 atom stereocenters. The highest BCUT2D eigenvalue weighted by Gasteiger charge is 2.41. The lowest BCUT2D eigenvalue weighted by atomic mass is 10.9. The van der Waals surface area contributed by atoms with Crippen LogP contribution in [0.25, 0.3) is 0 Å². The zero-order valence-electron chi connectivity index (χ0n) is 7.18. The highest BCUT2D eigenvalue weighted by Crippen LogP contribution is 2.32. The van der Waals surface area contributed by atoms with Crippen molar-refractivity contribution in [2.45, 2.75) is 12.1 Å². The molecule has 0 N–H and O–H groups in total. The van der Waals surface area contributed by atoms with Gasteiger partial charge in [-0.2, -0.15) is 0 Å². The Balaban J connectivity index is 4.47. The normalized spacial score (nSPS) is 15.8. The zero-order valence-corrected chi connectivity index (χ0v) is 8.89. The number of hydrogen-bond acceptors (Lipinski definition) is 5. The van der Waals surface area contributed by atoms with Crippen molar-refractivity contribution in [3.8, 4) is 0 Å². The van der Waals surface area contributed by atoms with Crippen molar-refractivity contribution in [2.24, 2.45) is 0 Å². The van der Waals surface area contributed by atoms with Crippen LogP contribution in [0.1, 0.15) is 6.92 Å². The zero-order chi connectivity index (χ0) is 9.78. The highest BCUT2D eigenvalue weighted by molar-refractivity contribution is 7.96. The van der Waals surface area contributed by atoms with Gasteiger partial charge < -0.3 is 4.74 Å². The summed E-state index contributed by atoms with van der Waals surface area (Å²) in [5, 5.41) is -1.35. The third-order valence-corrected chi connectivity index (χ3v) is 4.65. The van der Waals surface area contributed by atoms with E-state index in [4.69, 9.17) is 0 Å². The van der Waals surface area contributed by atoms with Gasteiger partial charge in [0.1, 0.15) is 0 Å². The summed E-state index contributed by atoms with van der Waals surface area (Å²) in [5.74, 6) is 0. The molecule has 0 aromatic rings. The fourth-order valence-corrected chi connectivity index (χ4v) is 2.94. The highest BCUT2D eigenvalue weighted by atomic mass is 32.2. The maximum absolute atomic E-state index is 11.0. The Labute approximate surface area is 72.8 Å². The van der Waals surface area contributed by atoms with Gasteiger partial charge in [0, 0.05) is 13.4 Å². The fourth-order valence-electron chi connectivity index (χ4n) is 0.605. The Morgan fingerprint density at radius 3 is 2.25 bits per heavy atom. The molecule has 0 aliphatic heterocycles.